The van der Waals surface area contributed by atoms with E-state index in [9.17, 15) is 9.18 Å². The molecule has 1 aliphatic heterocycles. The monoisotopic (exact) mass is 345 g/mol. The molecular weight excluding hydrogens is 329 g/mol. The number of H-pyrrole nitrogens is 1. The molecule has 4 rings (SSSR count). The van der Waals surface area contributed by atoms with Crippen molar-refractivity contribution in [1.29, 1.82) is 0 Å². The molecule has 0 amide bonds. The van der Waals surface area contributed by atoms with Gasteiger partial charge < -0.3 is 9.99 Å². The maximum absolute atomic E-state index is 13.4. The Balaban J connectivity index is 1.58. The van der Waals surface area contributed by atoms with Crippen LogP contribution in [-0.4, -0.2) is 22.7 Å². The lowest BCUT2D eigenvalue weighted by Crippen LogP contribution is -2.45. The van der Waals surface area contributed by atoms with Crippen molar-refractivity contribution in [3.63, 3.8) is 0 Å². The molecule has 6 heteroatoms. The second kappa shape index (κ2) is 5.98. The van der Waals surface area contributed by atoms with Gasteiger partial charge in [0.25, 0.3) is 0 Å². The molecule has 0 radical (unpaired) electrons. The Hall–Kier alpha value is -2.27. The van der Waals surface area contributed by atoms with Crippen LogP contribution in [0.3, 0.4) is 0 Å². The second-order valence-electron chi connectivity index (χ2n) is 6.19. The average Bonchev–Trinajstić information content (AvgIpc) is 2.90. The number of hydrogen-bond donors (Lipinski definition) is 1. The highest BCUT2D eigenvalue weighted by molar-refractivity contribution is 6.31. The first-order valence-electron chi connectivity index (χ1n) is 8.03. The van der Waals surface area contributed by atoms with Crippen LogP contribution in [-0.2, 0) is 0 Å². The Bertz CT molecular complexity index is 941. The zero-order valence-electron chi connectivity index (χ0n) is 13.0. The van der Waals surface area contributed by atoms with Gasteiger partial charge in [-0.15, -0.1) is 0 Å². The minimum absolute atomic E-state index is 0.156. The number of hydrogen-bond acceptors (Lipinski definition) is 2. The lowest BCUT2D eigenvalue weighted by molar-refractivity contribution is 0.433. The smallest absolute Gasteiger partial charge is 0.308 e. The van der Waals surface area contributed by atoms with Gasteiger partial charge in [-0.2, -0.15) is 0 Å². The van der Waals surface area contributed by atoms with Crippen LogP contribution >= 0.6 is 11.6 Å². The van der Waals surface area contributed by atoms with Crippen molar-refractivity contribution < 1.29 is 4.39 Å². The summed E-state index contributed by atoms with van der Waals surface area (Å²) in [6, 6.07) is 12.2. The van der Waals surface area contributed by atoms with Gasteiger partial charge in [-0.1, -0.05) is 23.7 Å². The van der Waals surface area contributed by atoms with Crippen LogP contribution in [0.4, 0.5) is 4.39 Å². The fraction of sp³-hybridized carbons (Fsp3) is 0.278. The van der Waals surface area contributed by atoms with E-state index in [0.29, 0.717) is 10.9 Å². The van der Waals surface area contributed by atoms with E-state index in [0.717, 1.165) is 42.5 Å². The van der Waals surface area contributed by atoms with Crippen molar-refractivity contribution >= 4 is 22.6 Å². The minimum Gasteiger partial charge on any atom is -0.308 e. The predicted octanol–water partition coefficient (Wildman–Crippen LogP) is 3.64. The van der Waals surface area contributed by atoms with Crippen molar-refractivity contribution in [1.82, 2.24) is 9.66 Å². The number of piperidine rings is 1. The third-order valence-corrected chi connectivity index (χ3v) is 4.93. The molecule has 1 aliphatic rings. The second-order valence-corrected chi connectivity index (χ2v) is 6.62. The SMILES string of the molecule is O=c1[nH]c2cc(Cl)ccc2n1N1CCC(c2cccc(F)c2)CC1. The van der Waals surface area contributed by atoms with Gasteiger partial charge in [-0.25, -0.2) is 13.9 Å². The molecule has 0 aliphatic carbocycles. The van der Waals surface area contributed by atoms with Crippen LogP contribution in [0.5, 0.6) is 0 Å². The normalized spacial score (nSPS) is 16.0. The molecule has 1 aromatic heterocycles. The van der Waals surface area contributed by atoms with E-state index in [1.165, 1.54) is 6.07 Å². The largest absolute Gasteiger partial charge is 0.345 e. The van der Waals surface area contributed by atoms with E-state index in [4.69, 9.17) is 11.6 Å². The highest BCUT2D eigenvalue weighted by atomic mass is 35.5. The van der Waals surface area contributed by atoms with E-state index in [2.05, 4.69) is 4.98 Å². The summed E-state index contributed by atoms with van der Waals surface area (Å²) in [6.45, 7) is 1.49. The molecule has 3 aromatic rings. The first-order chi connectivity index (χ1) is 11.6. The maximum atomic E-state index is 13.4. The Labute approximate surface area is 143 Å². The zero-order valence-corrected chi connectivity index (χ0v) is 13.8. The molecule has 2 heterocycles. The number of aromatic amines is 1. The summed E-state index contributed by atoms with van der Waals surface area (Å²) in [6.07, 6.45) is 1.77. The van der Waals surface area contributed by atoms with Crippen molar-refractivity contribution in [2.24, 2.45) is 0 Å². The van der Waals surface area contributed by atoms with Crippen LogP contribution in [0, 0.1) is 5.82 Å². The van der Waals surface area contributed by atoms with E-state index >= 15 is 0 Å². The number of nitrogens with one attached hydrogen (secondary N) is 1. The number of nitrogens with zero attached hydrogens (tertiary/aromatic N) is 2. The molecule has 2 aromatic carbocycles. The summed E-state index contributed by atoms with van der Waals surface area (Å²) in [5.41, 5.74) is 2.44. The highest BCUT2D eigenvalue weighted by Crippen LogP contribution is 2.28. The third-order valence-electron chi connectivity index (χ3n) is 4.70. The van der Waals surface area contributed by atoms with Gasteiger partial charge in [0.15, 0.2) is 0 Å². The molecule has 1 fully saturated rings. The summed E-state index contributed by atoms with van der Waals surface area (Å²) in [5, 5.41) is 2.64. The Morgan fingerprint density at radius 2 is 1.92 bits per heavy atom. The fourth-order valence-electron chi connectivity index (χ4n) is 3.51. The van der Waals surface area contributed by atoms with Crippen molar-refractivity contribution in [3.05, 3.63) is 69.4 Å². The van der Waals surface area contributed by atoms with Gasteiger partial charge in [0.2, 0.25) is 0 Å². The molecule has 0 saturated carbocycles. The maximum Gasteiger partial charge on any atom is 0.345 e. The summed E-state index contributed by atoms with van der Waals surface area (Å²) >= 11 is 5.99. The van der Waals surface area contributed by atoms with Crippen molar-refractivity contribution in [2.75, 3.05) is 18.1 Å². The number of aromatic nitrogens is 2. The number of fused-ring (bicyclic) bond motifs is 1. The Morgan fingerprint density at radius 3 is 2.67 bits per heavy atom. The first kappa shape index (κ1) is 15.3. The van der Waals surface area contributed by atoms with Crippen LogP contribution in [0.2, 0.25) is 5.02 Å². The number of imidazole rings is 1. The predicted molar refractivity (Wildman–Crippen MR) is 93.9 cm³/mol. The summed E-state index contributed by atoms with van der Waals surface area (Å²) in [7, 11) is 0. The Kier molecular flexibility index (Phi) is 3.81. The van der Waals surface area contributed by atoms with Gasteiger partial charge in [0.1, 0.15) is 5.82 Å². The molecule has 0 bridgehead atoms. The molecule has 0 unspecified atom stereocenters. The van der Waals surface area contributed by atoms with Gasteiger partial charge in [0.05, 0.1) is 11.0 Å². The third kappa shape index (κ3) is 2.69. The summed E-state index contributed by atoms with van der Waals surface area (Å²) < 4.78 is 15.1. The van der Waals surface area contributed by atoms with Gasteiger partial charge in [0, 0.05) is 18.1 Å². The number of rotatable bonds is 2. The van der Waals surface area contributed by atoms with E-state index < -0.39 is 0 Å². The first-order valence-corrected chi connectivity index (χ1v) is 8.40. The summed E-state index contributed by atoms with van der Waals surface area (Å²) in [4.78, 5) is 15.2. The molecule has 24 heavy (non-hydrogen) atoms. The standard InChI is InChI=1S/C18H17ClFN3O/c19-14-4-5-17-16(11-14)21-18(24)23(17)22-8-6-12(7-9-22)13-2-1-3-15(20)10-13/h1-5,10-12H,6-9H2,(H,21,24). The highest BCUT2D eigenvalue weighted by Gasteiger charge is 2.23. The minimum atomic E-state index is -0.195. The fourth-order valence-corrected chi connectivity index (χ4v) is 3.68. The molecule has 1 N–H and O–H groups in total. The summed E-state index contributed by atoms with van der Waals surface area (Å²) in [5.74, 6) is 0.131. The van der Waals surface area contributed by atoms with Crippen LogP contribution < -0.4 is 10.7 Å². The van der Waals surface area contributed by atoms with E-state index in [-0.39, 0.29) is 11.5 Å². The molecular formula is C18H17ClFN3O. The topological polar surface area (TPSA) is 41.0 Å². The van der Waals surface area contributed by atoms with E-state index in [1.807, 2.05) is 17.1 Å². The quantitative estimate of drug-likeness (QED) is 0.770. The van der Waals surface area contributed by atoms with Crippen LogP contribution in [0.25, 0.3) is 11.0 Å². The molecule has 1 saturated heterocycles. The number of halogens is 2. The van der Waals surface area contributed by atoms with Gasteiger partial charge in [-0.05, 0) is 54.7 Å². The number of benzene rings is 2. The van der Waals surface area contributed by atoms with Crippen molar-refractivity contribution in [3.8, 4) is 0 Å². The molecule has 124 valence electrons. The Morgan fingerprint density at radius 1 is 1.12 bits per heavy atom. The van der Waals surface area contributed by atoms with Crippen molar-refractivity contribution in [2.45, 2.75) is 18.8 Å². The lowest BCUT2D eigenvalue weighted by Gasteiger charge is -2.34. The molecule has 0 atom stereocenters. The van der Waals surface area contributed by atoms with Crippen LogP contribution in [0.1, 0.15) is 24.3 Å². The zero-order chi connectivity index (χ0) is 16.7. The molecule has 4 nitrogen and oxygen atoms in total. The van der Waals surface area contributed by atoms with Gasteiger partial charge >= 0.3 is 5.69 Å². The average molecular weight is 346 g/mol. The van der Waals surface area contributed by atoms with E-state index in [1.54, 1.807) is 28.9 Å². The lowest BCUT2D eigenvalue weighted by atomic mass is 9.90. The van der Waals surface area contributed by atoms with Gasteiger partial charge in [-0.3, -0.25) is 0 Å². The van der Waals surface area contributed by atoms with Crippen LogP contribution in [0.15, 0.2) is 47.3 Å². The molecule has 0 spiro atoms.